The molecule has 160 valence electrons. The molecule has 29 heavy (non-hydrogen) atoms. The topological polar surface area (TPSA) is 66.9 Å². The molecule has 2 aliphatic heterocycles. The summed E-state index contributed by atoms with van der Waals surface area (Å²) in [7, 11) is -3.29. The van der Waals surface area contributed by atoms with Gasteiger partial charge in [-0.1, -0.05) is 0 Å². The van der Waals surface area contributed by atoms with Crippen LogP contribution in [-0.2, 0) is 14.8 Å². The van der Waals surface area contributed by atoms with Crippen LogP contribution in [0.25, 0.3) is 0 Å². The number of carbonyl (C=O) groups is 1. The second-order valence-electron chi connectivity index (χ2n) is 8.42. The molecule has 1 atom stereocenters. The highest BCUT2D eigenvalue weighted by Crippen LogP contribution is 2.41. The number of ether oxygens (including phenoxy) is 1. The zero-order chi connectivity index (χ0) is 20.8. The lowest BCUT2D eigenvalue weighted by molar-refractivity contribution is -0.123. The Kier molecular flexibility index (Phi) is 5.41. The van der Waals surface area contributed by atoms with Crippen molar-refractivity contribution in [3.05, 3.63) is 35.4 Å². The number of halogens is 2. The summed E-state index contributed by atoms with van der Waals surface area (Å²) in [5.74, 6) is -1.92. The van der Waals surface area contributed by atoms with Crippen molar-refractivity contribution in [1.29, 1.82) is 0 Å². The van der Waals surface area contributed by atoms with Crippen LogP contribution in [0.15, 0.2) is 18.2 Å². The lowest BCUT2D eigenvalue weighted by Gasteiger charge is -2.48. The lowest BCUT2D eigenvalue weighted by atomic mass is 9.82. The van der Waals surface area contributed by atoms with Gasteiger partial charge < -0.3 is 9.64 Å². The van der Waals surface area contributed by atoms with Gasteiger partial charge in [0.1, 0.15) is 11.6 Å². The van der Waals surface area contributed by atoms with Crippen LogP contribution in [0.5, 0.6) is 0 Å². The van der Waals surface area contributed by atoms with Gasteiger partial charge in [-0.25, -0.2) is 17.2 Å². The average molecular weight is 429 g/mol. The van der Waals surface area contributed by atoms with E-state index in [9.17, 15) is 22.0 Å². The van der Waals surface area contributed by atoms with Gasteiger partial charge >= 0.3 is 0 Å². The van der Waals surface area contributed by atoms with Gasteiger partial charge in [-0.2, -0.15) is 4.31 Å². The second-order valence-corrected chi connectivity index (χ2v) is 10.3. The Morgan fingerprint density at radius 3 is 2.48 bits per heavy atom. The number of carbonyl (C=O) groups excluding carboxylic acids is 1. The third-order valence-electron chi connectivity index (χ3n) is 6.24. The zero-order valence-electron chi connectivity index (χ0n) is 16.4. The van der Waals surface area contributed by atoms with E-state index >= 15 is 0 Å². The summed E-state index contributed by atoms with van der Waals surface area (Å²) in [6, 6.07) is 2.88. The Balaban J connectivity index is 1.44. The molecule has 2 saturated heterocycles. The van der Waals surface area contributed by atoms with E-state index in [2.05, 4.69) is 0 Å². The Morgan fingerprint density at radius 2 is 1.86 bits per heavy atom. The molecule has 1 amide bonds. The molecule has 1 aliphatic carbocycles. The standard InChI is InChI=1S/C20H26F2N2O4S/c1-29(26,27)24(15-3-4-15)16-6-11-28-20(13-16)7-9-23(10-8-20)19(25)17-12-14(21)2-5-18(17)22/h2,5,12,15-16H,3-4,6-11,13H2,1H3. The molecule has 0 aromatic heterocycles. The highest BCUT2D eigenvalue weighted by molar-refractivity contribution is 7.88. The van der Waals surface area contributed by atoms with Gasteiger partial charge in [-0.15, -0.1) is 0 Å². The van der Waals surface area contributed by atoms with Crippen LogP contribution in [0.1, 0.15) is 48.9 Å². The molecular weight excluding hydrogens is 402 g/mol. The van der Waals surface area contributed by atoms with E-state index in [1.807, 2.05) is 0 Å². The van der Waals surface area contributed by atoms with Crippen molar-refractivity contribution < 1.29 is 26.7 Å². The summed E-state index contributed by atoms with van der Waals surface area (Å²) in [6.45, 7) is 1.21. The van der Waals surface area contributed by atoms with Crippen LogP contribution in [0.2, 0.25) is 0 Å². The van der Waals surface area contributed by atoms with Gasteiger partial charge in [0.15, 0.2) is 0 Å². The second kappa shape index (κ2) is 7.59. The van der Waals surface area contributed by atoms with E-state index in [-0.39, 0.29) is 17.6 Å². The minimum Gasteiger partial charge on any atom is -0.375 e. The first-order valence-electron chi connectivity index (χ1n) is 10.1. The number of nitrogens with zero attached hydrogens (tertiary/aromatic N) is 2. The smallest absolute Gasteiger partial charge is 0.256 e. The molecule has 1 unspecified atom stereocenters. The average Bonchev–Trinajstić information content (AvgIpc) is 3.48. The predicted octanol–water partition coefficient (Wildman–Crippen LogP) is 2.54. The van der Waals surface area contributed by atoms with Crippen LogP contribution >= 0.6 is 0 Å². The minimum absolute atomic E-state index is 0.0887. The normalized spacial score (nSPS) is 24.8. The maximum atomic E-state index is 14.0. The quantitative estimate of drug-likeness (QED) is 0.739. The Morgan fingerprint density at radius 1 is 1.17 bits per heavy atom. The fourth-order valence-electron chi connectivity index (χ4n) is 4.69. The molecule has 4 rings (SSSR count). The van der Waals surface area contributed by atoms with Gasteiger partial charge in [0, 0.05) is 31.8 Å². The number of piperidine rings is 1. The maximum Gasteiger partial charge on any atom is 0.256 e. The number of rotatable bonds is 4. The van der Waals surface area contributed by atoms with Crippen LogP contribution in [-0.4, -0.2) is 67.2 Å². The molecule has 1 spiro atoms. The molecule has 1 aromatic carbocycles. The van der Waals surface area contributed by atoms with Gasteiger partial charge in [0.25, 0.3) is 5.91 Å². The van der Waals surface area contributed by atoms with Crippen LogP contribution < -0.4 is 0 Å². The number of amides is 1. The molecule has 1 saturated carbocycles. The van der Waals surface area contributed by atoms with Crippen molar-refractivity contribution in [1.82, 2.24) is 9.21 Å². The van der Waals surface area contributed by atoms with Crippen LogP contribution in [0.3, 0.4) is 0 Å². The van der Waals surface area contributed by atoms with Gasteiger partial charge in [0.2, 0.25) is 10.0 Å². The fourth-order valence-corrected chi connectivity index (χ4v) is 6.16. The Labute approximate surface area is 169 Å². The first-order valence-corrected chi connectivity index (χ1v) is 11.9. The lowest BCUT2D eigenvalue weighted by Crippen LogP contribution is -2.55. The van der Waals surface area contributed by atoms with Crippen LogP contribution in [0.4, 0.5) is 8.78 Å². The molecule has 3 aliphatic rings. The number of likely N-dealkylation sites (tertiary alicyclic amines) is 1. The Bertz CT molecular complexity index is 896. The van der Waals surface area contributed by atoms with Gasteiger partial charge in [-0.05, 0) is 56.7 Å². The highest BCUT2D eigenvalue weighted by atomic mass is 32.2. The molecule has 0 N–H and O–H groups in total. The molecule has 0 radical (unpaired) electrons. The van der Waals surface area contributed by atoms with E-state index in [4.69, 9.17) is 4.74 Å². The highest BCUT2D eigenvalue weighted by Gasteiger charge is 2.47. The number of hydrogen-bond acceptors (Lipinski definition) is 4. The minimum atomic E-state index is -3.29. The summed E-state index contributed by atoms with van der Waals surface area (Å²) in [5, 5.41) is 0. The van der Waals surface area contributed by atoms with Crippen molar-refractivity contribution in [2.75, 3.05) is 26.0 Å². The third-order valence-corrected chi connectivity index (χ3v) is 7.60. The molecular formula is C20H26F2N2O4S. The predicted molar refractivity (Wildman–Crippen MR) is 103 cm³/mol. The van der Waals surface area contributed by atoms with Crippen molar-refractivity contribution in [3.63, 3.8) is 0 Å². The van der Waals surface area contributed by atoms with Crippen molar-refractivity contribution in [2.24, 2.45) is 0 Å². The van der Waals surface area contributed by atoms with E-state index in [0.717, 1.165) is 31.0 Å². The number of sulfonamides is 1. The molecule has 0 bridgehead atoms. The van der Waals surface area contributed by atoms with E-state index < -0.39 is 33.2 Å². The molecule has 6 nitrogen and oxygen atoms in total. The fraction of sp³-hybridized carbons (Fsp3) is 0.650. The van der Waals surface area contributed by atoms with E-state index in [0.29, 0.717) is 45.4 Å². The van der Waals surface area contributed by atoms with Crippen LogP contribution in [0, 0.1) is 11.6 Å². The Hall–Kier alpha value is -1.58. The first kappa shape index (κ1) is 20.7. The number of benzene rings is 1. The zero-order valence-corrected chi connectivity index (χ0v) is 17.3. The molecule has 1 aromatic rings. The maximum absolute atomic E-state index is 14.0. The summed E-state index contributed by atoms with van der Waals surface area (Å²) >= 11 is 0. The first-order chi connectivity index (χ1) is 13.7. The monoisotopic (exact) mass is 428 g/mol. The summed E-state index contributed by atoms with van der Waals surface area (Å²) in [4.78, 5) is 14.2. The van der Waals surface area contributed by atoms with Gasteiger partial charge in [-0.3, -0.25) is 4.79 Å². The molecule has 2 heterocycles. The van der Waals surface area contributed by atoms with Crippen molar-refractivity contribution >= 4 is 15.9 Å². The summed E-state index contributed by atoms with van der Waals surface area (Å²) < 4.78 is 59.8. The number of hydrogen-bond donors (Lipinski definition) is 0. The van der Waals surface area contributed by atoms with Gasteiger partial charge in [0.05, 0.1) is 17.4 Å². The molecule has 9 heteroatoms. The van der Waals surface area contributed by atoms with Crippen molar-refractivity contribution in [2.45, 2.75) is 56.2 Å². The third kappa shape index (κ3) is 4.32. The summed E-state index contributed by atoms with van der Waals surface area (Å²) in [6.07, 6.45) is 5.44. The van der Waals surface area contributed by atoms with Crippen molar-refractivity contribution in [3.8, 4) is 0 Å². The summed E-state index contributed by atoms with van der Waals surface area (Å²) in [5.41, 5.74) is -0.738. The molecule has 3 fully saturated rings. The SMILES string of the molecule is CS(=O)(=O)N(C1CC1)C1CCOC2(CCN(C(=O)c3cc(F)ccc3F)CC2)C1. The largest absolute Gasteiger partial charge is 0.375 e. The van der Waals surface area contributed by atoms with E-state index in [1.165, 1.54) is 11.2 Å². The van der Waals surface area contributed by atoms with E-state index in [1.54, 1.807) is 4.31 Å².